The van der Waals surface area contributed by atoms with Crippen LogP contribution in [0.2, 0.25) is 0 Å². The van der Waals surface area contributed by atoms with Crippen molar-refractivity contribution < 1.29 is 14.3 Å². The van der Waals surface area contributed by atoms with Gasteiger partial charge in [0.05, 0.1) is 12.0 Å². The molecule has 8 nitrogen and oxygen atoms in total. The zero-order chi connectivity index (χ0) is 21.3. The summed E-state index contributed by atoms with van der Waals surface area (Å²) in [7, 11) is 1.66. The molecule has 0 aromatic carbocycles. The first-order chi connectivity index (χ1) is 14.5. The van der Waals surface area contributed by atoms with Crippen LogP contribution in [0.15, 0.2) is 40.2 Å². The maximum Gasteiger partial charge on any atom is 0.341 e. The molecular weight excluding hydrogens is 384 g/mol. The van der Waals surface area contributed by atoms with Crippen LogP contribution in [0.3, 0.4) is 0 Å². The van der Waals surface area contributed by atoms with Crippen LogP contribution in [0, 0.1) is 5.92 Å². The summed E-state index contributed by atoms with van der Waals surface area (Å²) in [4.78, 5) is 47.4. The third-order valence-corrected chi connectivity index (χ3v) is 5.58. The largest absolute Gasteiger partial charge is 0.462 e. The number of pyridine rings is 2. The molecule has 1 fully saturated rings. The van der Waals surface area contributed by atoms with Crippen molar-refractivity contribution >= 4 is 28.6 Å². The molecule has 0 radical (unpaired) electrons. The van der Waals surface area contributed by atoms with Gasteiger partial charge >= 0.3 is 5.97 Å². The van der Waals surface area contributed by atoms with Crippen molar-refractivity contribution in [1.82, 2.24) is 14.0 Å². The molecule has 0 N–H and O–H groups in total. The lowest BCUT2D eigenvalue weighted by Crippen LogP contribution is -2.32. The van der Waals surface area contributed by atoms with Gasteiger partial charge < -0.3 is 9.30 Å². The average molecular weight is 408 g/mol. The third-order valence-electron chi connectivity index (χ3n) is 5.58. The predicted molar refractivity (Wildman–Crippen MR) is 111 cm³/mol. The third kappa shape index (κ3) is 3.53. The predicted octanol–water partition coefficient (Wildman–Crippen LogP) is 2.37. The fraction of sp³-hybridized carbons (Fsp3) is 0.409. The molecule has 1 amide bonds. The first kappa shape index (κ1) is 20.0. The summed E-state index contributed by atoms with van der Waals surface area (Å²) in [6.07, 6.45) is 6.37. The molecule has 0 aliphatic heterocycles. The van der Waals surface area contributed by atoms with Gasteiger partial charge in [0.1, 0.15) is 16.9 Å². The maximum atomic E-state index is 13.0. The Bertz CT molecular complexity index is 1270. The van der Waals surface area contributed by atoms with Crippen molar-refractivity contribution in [1.29, 1.82) is 0 Å². The zero-order valence-electron chi connectivity index (χ0n) is 17.1. The van der Waals surface area contributed by atoms with Crippen molar-refractivity contribution in [2.24, 2.45) is 18.0 Å². The number of aryl methyl sites for hydroxylation is 1. The Morgan fingerprint density at radius 1 is 1.23 bits per heavy atom. The van der Waals surface area contributed by atoms with Gasteiger partial charge in [0.2, 0.25) is 0 Å². The molecule has 0 spiro atoms. The van der Waals surface area contributed by atoms with Crippen molar-refractivity contribution in [3.63, 3.8) is 0 Å². The number of carbonyl (C=O) groups excluding carboxylic acids is 2. The number of nitrogens with zero attached hydrogens (tertiary/aromatic N) is 4. The van der Waals surface area contributed by atoms with E-state index in [4.69, 9.17) is 4.74 Å². The topological polar surface area (TPSA) is 95.0 Å². The number of aromatic nitrogens is 3. The molecule has 4 rings (SSSR count). The van der Waals surface area contributed by atoms with Gasteiger partial charge in [0.15, 0.2) is 5.49 Å². The fourth-order valence-corrected chi connectivity index (χ4v) is 4.00. The van der Waals surface area contributed by atoms with Crippen LogP contribution < -0.4 is 11.0 Å². The number of carbonyl (C=O) groups is 2. The van der Waals surface area contributed by atoms with Gasteiger partial charge in [-0.2, -0.15) is 4.99 Å². The Hall–Kier alpha value is -3.29. The molecule has 3 aromatic rings. The van der Waals surface area contributed by atoms with E-state index in [1.807, 2.05) is 0 Å². The second-order valence-electron chi connectivity index (χ2n) is 7.53. The first-order valence-electron chi connectivity index (χ1n) is 10.3. The molecule has 1 aliphatic carbocycles. The summed E-state index contributed by atoms with van der Waals surface area (Å²) in [5.74, 6) is -1.00. The Morgan fingerprint density at radius 2 is 2.00 bits per heavy atom. The Morgan fingerprint density at radius 3 is 2.73 bits per heavy atom. The van der Waals surface area contributed by atoms with E-state index in [1.54, 1.807) is 38.4 Å². The van der Waals surface area contributed by atoms with E-state index >= 15 is 0 Å². The van der Waals surface area contributed by atoms with Gasteiger partial charge in [0.25, 0.3) is 11.5 Å². The summed E-state index contributed by atoms with van der Waals surface area (Å²) in [5.41, 5.74) is 0.782. The van der Waals surface area contributed by atoms with E-state index in [-0.39, 0.29) is 40.4 Å². The Kier molecular flexibility index (Phi) is 5.48. The van der Waals surface area contributed by atoms with Gasteiger partial charge in [-0.1, -0.05) is 25.3 Å². The average Bonchev–Trinajstić information content (AvgIpc) is 2.77. The molecule has 0 unspecified atom stereocenters. The lowest BCUT2D eigenvalue weighted by molar-refractivity contribution is -0.122. The molecule has 3 aromatic heterocycles. The molecule has 30 heavy (non-hydrogen) atoms. The number of rotatable bonds is 3. The summed E-state index contributed by atoms with van der Waals surface area (Å²) < 4.78 is 8.13. The van der Waals surface area contributed by atoms with E-state index < -0.39 is 5.97 Å². The zero-order valence-corrected chi connectivity index (χ0v) is 17.1. The maximum absolute atomic E-state index is 13.0. The number of hydrogen-bond acceptors (Lipinski definition) is 5. The van der Waals surface area contributed by atoms with E-state index in [2.05, 4.69) is 9.98 Å². The van der Waals surface area contributed by atoms with Gasteiger partial charge in [-0.25, -0.2) is 9.78 Å². The Labute approximate surface area is 172 Å². The summed E-state index contributed by atoms with van der Waals surface area (Å²) in [5, 5.41) is 0.258. The molecule has 3 heterocycles. The van der Waals surface area contributed by atoms with Crippen molar-refractivity contribution in [3.05, 3.63) is 51.9 Å². The quantitative estimate of drug-likeness (QED) is 0.490. The van der Waals surface area contributed by atoms with Gasteiger partial charge in [-0.3, -0.25) is 14.0 Å². The second-order valence-corrected chi connectivity index (χ2v) is 7.53. The number of ether oxygens (including phenoxy) is 1. The second kappa shape index (κ2) is 8.22. The standard InChI is InChI=1S/C22H24N4O4/c1-3-30-22(29)16-13-15-18(23-17-11-7-8-12-26(17)21(15)28)25(2)19(16)24-20(27)14-9-5-4-6-10-14/h7-8,11-14H,3-6,9-10H2,1-2H3. The highest BCUT2D eigenvalue weighted by molar-refractivity contribution is 5.93. The van der Waals surface area contributed by atoms with E-state index in [0.29, 0.717) is 11.3 Å². The van der Waals surface area contributed by atoms with Gasteiger partial charge in [-0.15, -0.1) is 0 Å². The lowest BCUT2D eigenvalue weighted by atomic mass is 9.89. The van der Waals surface area contributed by atoms with E-state index in [1.165, 1.54) is 15.0 Å². The summed E-state index contributed by atoms with van der Waals surface area (Å²) >= 11 is 0. The molecule has 0 atom stereocenters. The van der Waals surface area contributed by atoms with Gasteiger partial charge in [-0.05, 0) is 38.0 Å². The molecule has 8 heteroatoms. The van der Waals surface area contributed by atoms with Crippen LogP contribution in [0.1, 0.15) is 49.4 Å². The van der Waals surface area contributed by atoms with Crippen molar-refractivity contribution in [2.45, 2.75) is 39.0 Å². The molecule has 1 aliphatic rings. The highest BCUT2D eigenvalue weighted by atomic mass is 16.5. The number of amides is 1. The number of esters is 1. The van der Waals surface area contributed by atoms with Crippen LogP contribution in [0.4, 0.5) is 0 Å². The van der Waals surface area contributed by atoms with Crippen LogP contribution in [0.25, 0.3) is 16.7 Å². The number of hydrogen-bond donors (Lipinski definition) is 0. The van der Waals surface area contributed by atoms with Crippen molar-refractivity contribution in [3.8, 4) is 0 Å². The molecule has 1 saturated carbocycles. The van der Waals surface area contributed by atoms with Crippen LogP contribution in [-0.2, 0) is 16.6 Å². The van der Waals surface area contributed by atoms with Gasteiger partial charge in [0, 0.05) is 19.2 Å². The molecular formula is C22H24N4O4. The van der Waals surface area contributed by atoms with E-state index in [0.717, 1.165) is 32.1 Å². The summed E-state index contributed by atoms with van der Waals surface area (Å²) in [6.45, 7) is 1.87. The lowest BCUT2D eigenvalue weighted by Gasteiger charge is -2.18. The minimum atomic E-state index is -0.622. The van der Waals surface area contributed by atoms with E-state index in [9.17, 15) is 14.4 Å². The Balaban J connectivity index is 2.00. The first-order valence-corrected chi connectivity index (χ1v) is 10.3. The molecule has 156 valence electrons. The highest BCUT2D eigenvalue weighted by Gasteiger charge is 2.23. The molecule has 0 bridgehead atoms. The van der Waals surface area contributed by atoms with Crippen LogP contribution >= 0.6 is 0 Å². The SMILES string of the molecule is CCOC(=O)c1cc2c(=O)n3ccccc3nc2n(C)c1=NC(=O)C1CCCCC1. The minimum absolute atomic E-state index is 0.0887. The highest BCUT2D eigenvalue weighted by Crippen LogP contribution is 2.24. The van der Waals surface area contributed by atoms with Crippen LogP contribution in [0.5, 0.6) is 0 Å². The smallest absolute Gasteiger partial charge is 0.341 e. The van der Waals surface area contributed by atoms with Crippen molar-refractivity contribution in [2.75, 3.05) is 6.61 Å². The molecule has 0 saturated heterocycles. The normalized spacial score (nSPS) is 15.6. The van der Waals surface area contributed by atoms with Crippen LogP contribution in [-0.4, -0.2) is 32.4 Å². The fourth-order valence-electron chi connectivity index (χ4n) is 4.00. The monoisotopic (exact) mass is 408 g/mol. The number of fused-ring (bicyclic) bond motifs is 2. The minimum Gasteiger partial charge on any atom is -0.462 e. The summed E-state index contributed by atoms with van der Waals surface area (Å²) in [6, 6.07) is 6.69.